The van der Waals surface area contributed by atoms with Crippen LogP contribution in [0.4, 0.5) is 13.2 Å². The van der Waals surface area contributed by atoms with Crippen molar-refractivity contribution in [3.63, 3.8) is 0 Å². The first-order valence-electron chi connectivity index (χ1n) is 6.99. The molecular formula is C17H18F3NO. The molecule has 5 heteroatoms. The number of ether oxygens (including phenoxy) is 1. The summed E-state index contributed by atoms with van der Waals surface area (Å²) < 4.78 is 42.1. The van der Waals surface area contributed by atoms with E-state index in [0.717, 1.165) is 11.1 Å². The highest BCUT2D eigenvalue weighted by Crippen LogP contribution is 2.21. The lowest BCUT2D eigenvalue weighted by Gasteiger charge is -2.16. The van der Waals surface area contributed by atoms with Gasteiger partial charge in [0.1, 0.15) is 11.6 Å². The second-order valence-electron chi connectivity index (χ2n) is 5.14. The third-order valence-electron chi connectivity index (χ3n) is 3.42. The molecule has 0 saturated heterocycles. The van der Waals surface area contributed by atoms with Gasteiger partial charge in [0, 0.05) is 12.6 Å². The Morgan fingerprint density at radius 2 is 1.91 bits per heavy atom. The number of rotatable bonds is 6. The van der Waals surface area contributed by atoms with Crippen LogP contribution in [0, 0.1) is 12.7 Å². The van der Waals surface area contributed by atoms with Gasteiger partial charge in [0.05, 0.1) is 0 Å². The molecule has 22 heavy (non-hydrogen) atoms. The maximum absolute atomic E-state index is 13.2. The molecule has 2 aromatic carbocycles. The maximum atomic E-state index is 13.2. The number of hydrogen-bond donors (Lipinski definition) is 1. The fourth-order valence-corrected chi connectivity index (χ4v) is 2.17. The molecule has 0 aliphatic carbocycles. The van der Waals surface area contributed by atoms with Crippen molar-refractivity contribution in [2.24, 2.45) is 0 Å². The molecule has 0 spiro atoms. The van der Waals surface area contributed by atoms with Crippen molar-refractivity contribution >= 4 is 0 Å². The van der Waals surface area contributed by atoms with E-state index in [-0.39, 0.29) is 17.6 Å². The van der Waals surface area contributed by atoms with Gasteiger partial charge in [-0.2, -0.15) is 8.78 Å². The standard InChI is InChI=1S/C17H18F3NO/c1-11-8-13(6-7-16(11)18)10-21-12(2)14-4-3-5-15(9-14)22-17(19)20/h3-9,12,17,21H,10H2,1-2H3. The largest absolute Gasteiger partial charge is 0.435 e. The Hall–Kier alpha value is -2.01. The van der Waals surface area contributed by atoms with E-state index in [1.165, 1.54) is 12.1 Å². The molecule has 0 amide bonds. The summed E-state index contributed by atoms with van der Waals surface area (Å²) in [5.41, 5.74) is 2.40. The number of alkyl halides is 2. The van der Waals surface area contributed by atoms with E-state index in [0.29, 0.717) is 12.1 Å². The average Bonchev–Trinajstić information content (AvgIpc) is 2.48. The minimum absolute atomic E-state index is 0.0495. The summed E-state index contributed by atoms with van der Waals surface area (Å²) in [5, 5.41) is 3.28. The van der Waals surface area contributed by atoms with Gasteiger partial charge in [-0.3, -0.25) is 0 Å². The SMILES string of the molecule is Cc1cc(CNC(C)c2cccc(OC(F)F)c2)ccc1F. The average molecular weight is 309 g/mol. The molecule has 2 rings (SSSR count). The van der Waals surface area contributed by atoms with Crippen LogP contribution in [0.25, 0.3) is 0 Å². The predicted octanol–water partition coefficient (Wildman–Crippen LogP) is 4.59. The van der Waals surface area contributed by atoms with Gasteiger partial charge in [-0.1, -0.05) is 24.3 Å². The molecule has 0 saturated carbocycles. The highest BCUT2D eigenvalue weighted by Gasteiger charge is 2.09. The molecule has 0 heterocycles. The van der Waals surface area contributed by atoms with Crippen molar-refractivity contribution in [2.75, 3.05) is 0 Å². The Kier molecular flexibility index (Phi) is 5.44. The third kappa shape index (κ3) is 4.49. The van der Waals surface area contributed by atoms with Crippen LogP contribution >= 0.6 is 0 Å². The molecule has 0 aromatic heterocycles. The first-order chi connectivity index (χ1) is 10.5. The lowest BCUT2D eigenvalue weighted by atomic mass is 10.1. The number of hydrogen-bond acceptors (Lipinski definition) is 2. The van der Waals surface area contributed by atoms with Gasteiger partial charge in [-0.15, -0.1) is 0 Å². The van der Waals surface area contributed by atoms with Crippen molar-refractivity contribution < 1.29 is 17.9 Å². The van der Waals surface area contributed by atoms with Gasteiger partial charge in [-0.25, -0.2) is 4.39 Å². The van der Waals surface area contributed by atoms with Gasteiger partial charge >= 0.3 is 6.61 Å². The Balaban J connectivity index is 1.99. The summed E-state index contributed by atoms with van der Waals surface area (Å²) in [6.07, 6.45) is 0. The van der Waals surface area contributed by atoms with Crippen molar-refractivity contribution in [3.8, 4) is 5.75 Å². The summed E-state index contributed by atoms with van der Waals surface area (Å²) in [5.74, 6) is -0.0903. The molecule has 2 aromatic rings. The van der Waals surface area contributed by atoms with E-state index >= 15 is 0 Å². The van der Waals surface area contributed by atoms with Gasteiger partial charge in [0.15, 0.2) is 0 Å². The van der Waals surface area contributed by atoms with E-state index in [1.807, 2.05) is 13.0 Å². The lowest BCUT2D eigenvalue weighted by Crippen LogP contribution is -2.18. The van der Waals surface area contributed by atoms with Crippen LogP contribution in [-0.2, 0) is 6.54 Å². The first kappa shape index (κ1) is 16.4. The third-order valence-corrected chi connectivity index (χ3v) is 3.42. The van der Waals surface area contributed by atoms with Crippen LogP contribution in [0.2, 0.25) is 0 Å². The first-order valence-corrected chi connectivity index (χ1v) is 6.99. The van der Waals surface area contributed by atoms with Crippen molar-refractivity contribution in [3.05, 3.63) is 65.0 Å². The quantitative estimate of drug-likeness (QED) is 0.843. The van der Waals surface area contributed by atoms with Gasteiger partial charge in [0.25, 0.3) is 0 Å². The summed E-state index contributed by atoms with van der Waals surface area (Å²) in [4.78, 5) is 0. The van der Waals surface area contributed by atoms with Crippen LogP contribution in [0.15, 0.2) is 42.5 Å². The zero-order valence-electron chi connectivity index (χ0n) is 12.4. The number of benzene rings is 2. The van der Waals surface area contributed by atoms with E-state index in [4.69, 9.17) is 0 Å². The number of nitrogens with one attached hydrogen (secondary N) is 1. The molecule has 1 atom stereocenters. The fourth-order valence-electron chi connectivity index (χ4n) is 2.17. The van der Waals surface area contributed by atoms with Crippen LogP contribution in [0.3, 0.4) is 0 Å². The zero-order chi connectivity index (χ0) is 16.1. The molecule has 1 unspecified atom stereocenters. The van der Waals surface area contributed by atoms with E-state index in [1.54, 1.807) is 31.2 Å². The molecule has 0 fully saturated rings. The summed E-state index contributed by atoms with van der Waals surface area (Å²) in [7, 11) is 0. The van der Waals surface area contributed by atoms with Crippen LogP contribution in [0.1, 0.15) is 29.7 Å². The zero-order valence-corrected chi connectivity index (χ0v) is 12.4. The van der Waals surface area contributed by atoms with E-state index in [2.05, 4.69) is 10.1 Å². The second kappa shape index (κ2) is 7.31. The van der Waals surface area contributed by atoms with Crippen LogP contribution in [-0.4, -0.2) is 6.61 Å². The molecule has 0 aliphatic rings. The Morgan fingerprint density at radius 3 is 2.59 bits per heavy atom. The Labute approximate surface area is 127 Å². The summed E-state index contributed by atoms with van der Waals surface area (Å²) >= 11 is 0. The van der Waals surface area contributed by atoms with Crippen molar-refractivity contribution in [2.45, 2.75) is 33.0 Å². The normalized spacial score (nSPS) is 12.5. The Bertz CT molecular complexity index is 631. The maximum Gasteiger partial charge on any atom is 0.387 e. The molecule has 0 aliphatic heterocycles. The topological polar surface area (TPSA) is 21.3 Å². The van der Waals surface area contributed by atoms with Crippen molar-refractivity contribution in [1.29, 1.82) is 0 Å². The molecule has 2 nitrogen and oxygen atoms in total. The van der Waals surface area contributed by atoms with Crippen molar-refractivity contribution in [1.82, 2.24) is 5.32 Å². The smallest absolute Gasteiger partial charge is 0.387 e. The molecule has 118 valence electrons. The monoisotopic (exact) mass is 309 g/mol. The Morgan fingerprint density at radius 1 is 1.14 bits per heavy atom. The highest BCUT2D eigenvalue weighted by molar-refractivity contribution is 5.30. The number of halogens is 3. The van der Waals surface area contributed by atoms with Crippen LogP contribution in [0.5, 0.6) is 5.75 Å². The second-order valence-corrected chi connectivity index (χ2v) is 5.14. The minimum Gasteiger partial charge on any atom is -0.435 e. The molecule has 0 bridgehead atoms. The van der Waals surface area contributed by atoms with Gasteiger partial charge in [-0.05, 0) is 48.7 Å². The van der Waals surface area contributed by atoms with Gasteiger partial charge in [0.2, 0.25) is 0 Å². The fraction of sp³-hybridized carbons (Fsp3) is 0.294. The minimum atomic E-state index is -2.83. The molecule has 0 radical (unpaired) electrons. The predicted molar refractivity (Wildman–Crippen MR) is 79.5 cm³/mol. The number of aryl methyl sites for hydroxylation is 1. The van der Waals surface area contributed by atoms with E-state index in [9.17, 15) is 13.2 Å². The van der Waals surface area contributed by atoms with Gasteiger partial charge < -0.3 is 10.1 Å². The lowest BCUT2D eigenvalue weighted by molar-refractivity contribution is -0.0499. The summed E-state index contributed by atoms with van der Waals surface area (Å²) in [6, 6.07) is 11.5. The highest BCUT2D eigenvalue weighted by atomic mass is 19.3. The molecule has 1 N–H and O–H groups in total. The van der Waals surface area contributed by atoms with E-state index < -0.39 is 6.61 Å². The molecular weight excluding hydrogens is 291 g/mol. The van der Waals surface area contributed by atoms with Crippen LogP contribution < -0.4 is 10.1 Å². The summed E-state index contributed by atoms with van der Waals surface area (Å²) in [6.45, 7) is 1.37.